The molecule has 0 spiro atoms. The summed E-state index contributed by atoms with van der Waals surface area (Å²) in [4.78, 5) is 25.3. The Bertz CT molecular complexity index is 1190. The number of nitrogens with zero attached hydrogens (tertiary/aromatic N) is 4. The molecule has 0 saturated carbocycles. The minimum absolute atomic E-state index is 0.155. The lowest BCUT2D eigenvalue weighted by atomic mass is 10.0. The third-order valence-corrected chi connectivity index (χ3v) is 7.13. The van der Waals surface area contributed by atoms with E-state index in [1.165, 1.54) is 5.56 Å². The maximum Gasteiger partial charge on any atom is 0.410 e. The van der Waals surface area contributed by atoms with Crippen LogP contribution in [0.25, 0.3) is 10.9 Å². The van der Waals surface area contributed by atoms with Gasteiger partial charge in [0.2, 0.25) is 5.88 Å². The Kier molecular flexibility index (Phi) is 6.20. The summed E-state index contributed by atoms with van der Waals surface area (Å²) in [6.45, 7) is 5.01. The van der Waals surface area contributed by atoms with Crippen LogP contribution in [-0.4, -0.2) is 64.7 Å². The molecule has 0 radical (unpaired) electrons. The van der Waals surface area contributed by atoms with Gasteiger partial charge in [0, 0.05) is 68.2 Å². The van der Waals surface area contributed by atoms with E-state index in [2.05, 4.69) is 38.9 Å². The van der Waals surface area contributed by atoms with Crippen molar-refractivity contribution in [3.8, 4) is 11.6 Å². The second-order valence-electron chi connectivity index (χ2n) is 9.46. The number of carbonyl (C=O) groups is 1. The van der Waals surface area contributed by atoms with Gasteiger partial charge in [-0.15, -0.1) is 0 Å². The summed E-state index contributed by atoms with van der Waals surface area (Å²) in [7, 11) is 0. The van der Waals surface area contributed by atoms with Crippen LogP contribution in [0.1, 0.15) is 36.4 Å². The molecule has 1 atom stereocenters. The molecule has 1 aromatic carbocycles. The molecule has 35 heavy (non-hydrogen) atoms. The van der Waals surface area contributed by atoms with E-state index in [4.69, 9.17) is 14.5 Å². The molecule has 9 heteroatoms. The zero-order valence-electron chi connectivity index (χ0n) is 19.7. The Hall–Kier alpha value is -3.27. The summed E-state index contributed by atoms with van der Waals surface area (Å²) in [5.41, 5.74) is 9.63. The van der Waals surface area contributed by atoms with Gasteiger partial charge in [0.25, 0.3) is 0 Å². The Morgan fingerprint density at radius 3 is 2.69 bits per heavy atom. The van der Waals surface area contributed by atoms with Gasteiger partial charge in [0.05, 0.1) is 12.1 Å². The number of hydrogen-bond donors (Lipinski definition) is 2. The lowest BCUT2D eigenvalue weighted by Gasteiger charge is -2.35. The molecule has 5 heterocycles. The fourth-order valence-corrected chi connectivity index (χ4v) is 5.19. The molecule has 9 nitrogen and oxygen atoms in total. The van der Waals surface area contributed by atoms with Crippen LogP contribution >= 0.6 is 0 Å². The van der Waals surface area contributed by atoms with Crippen molar-refractivity contribution in [2.45, 2.75) is 37.9 Å². The fraction of sp³-hybridized carbons (Fsp3) is 0.423. The van der Waals surface area contributed by atoms with Crippen LogP contribution in [0.5, 0.6) is 11.6 Å². The number of hydrogen-bond acceptors (Lipinski definition) is 8. The number of pyridine rings is 2. The van der Waals surface area contributed by atoms with E-state index in [1.54, 1.807) is 0 Å². The highest BCUT2D eigenvalue weighted by atomic mass is 16.6. The highest BCUT2D eigenvalue weighted by Gasteiger charge is 2.32. The summed E-state index contributed by atoms with van der Waals surface area (Å²) in [6.07, 6.45) is 6.68. The number of aromatic nitrogens is 2. The van der Waals surface area contributed by atoms with Crippen LogP contribution in [-0.2, 0) is 11.3 Å². The van der Waals surface area contributed by atoms with E-state index in [0.29, 0.717) is 24.6 Å². The van der Waals surface area contributed by atoms with Gasteiger partial charge in [-0.25, -0.2) is 9.78 Å². The zero-order valence-corrected chi connectivity index (χ0v) is 19.7. The number of cyclic esters (lactones) is 1. The van der Waals surface area contributed by atoms with Gasteiger partial charge in [0.15, 0.2) is 0 Å². The van der Waals surface area contributed by atoms with Crippen molar-refractivity contribution in [2.24, 2.45) is 0 Å². The largest absolute Gasteiger partial charge is 0.448 e. The Morgan fingerprint density at radius 1 is 1.03 bits per heavy atom. The predicted molar refractivity (Wildman–Crippen MR) is 131 cm³/mol. The van der Waals surface area contributed by atoms with E-state index in [1.807, 2.05) is 35.5 Å². The van der Waals surface area contributed by atoms with E-state index in [0.717, 1.165) is 74.2 Å². The molecule has 1 amide bonds. The van der Waals surface area contributed by atoms with Crippen molar-refractivity contribution >= 4 is 17.0 Å². The predicted octanol–water partition coefficient (Wildman–Crippen LogP) is 3.38. The zero-order chi connectivity index (χ0) is 23.6. The Balaban J connectivity index is 1.06. The molecule has 3 fully saturated rings. The van der Waals surface area contributed by atoms with E-state index >= 15 is 0 Å². The molecule has 3 saturated heterocycles. The molecule has 3 aliphatic heterocycles. The van der Waals surface area contributed by atoms with E-state index in [-0.39, 0.29) is 6.09 Å². The number of rotatable bonds is 6. The monoisotopic (exact) mass is 474 g/mol. The van der Waals surface area contributed by atoms with Gasteiger partial charge in [-0.3, -0.25) is 20.7 Å². The fourth-order valence-electron chi connectivity index (χ4n) is 5.19. The molecular weight excluding hydrogens is 444 g/mol. The van der Waals surface area contributed by atoms with Gasteiger partial charge in [-0.2, -0.15) is 0 Å². The molecule has 3 aliphatic rings. The summed E-state index contributed by atoms with van der Waals surface area (Å²) < 4.78 is 11.1. The first kappa shape index (κ1) is 22.2. The SMILES string of the molecule is O=C1OCCN1C1CCN(Cc2cnc3cc(Oc4ccc(C5CCNN5)cn4)ccc3c2)CC1. The van der Waals surface area contributed by atoms with Crippen LogP contribution in [0.2, 0.25) is 0 Å². The number of benzene rings is 1. The number of carbonyl (C=O) groups excluding carboxylic acids is 1. The van der Waals surface area contributed by atoms with E-state index in [9.17, 15) is 4.79 Å². The lowest BCUT2D eigenvalue weighted by Crippen LogP contribution is -2.45. The molecule has 2 aromatic heterocycles. The van der Waals surface area contributed by atoms with Gasteiger partial charge in [-0.05, 0) is 48.6 Å². The second kappa shape index (κ2) is 9.77. The van der Waals surface area contributed by atoms with Crippen molar-refractivity contribution in [2.75, 3.05) is 32.8 Å². The second-order valence-corrected chi connectivity index (χ2v) is 9.46. The standard InChI is InChI=1S/C26H30N6O3/c33-26-32(11-12-34-26)21-6-9-31(10-7-21)17-18-13-19-1-3-22(14-24(19)27-15-18)35-25-4-2-20(16-28-25)23-5-8-29-30-23/h1-4,13-16,21,23,29-30H,5-12,17H2. The minimum atomic E-state index is -0.155. The molecule has 2 N–H and O–H groups in total. The minimum Gasteiger partial charge on any atom is -0.448 e. The topological polar surface area (TPSA) is 91.9 Å². The van der Waals surface area contributed by atoms with Crippen LogP contribution in [0.15, 0.2) is 48.8 Å². The van der Waals surface area contributed by atoms with Crippen molar-refractivity contribution in [1.82, 2.24) is 30.6 Å². The summed E-state index contributed by atoms with van der Waals surface area (Å²) in [5.74, 6) is 1.29. The van der Waals surface area contributed by atoms with Crippen LogP contribution < -0.4 is 15.6 Å². The number of fused-ring (bicyclic) bond motifs is 1. The molecule has 3 aromatic rings. The van der Waals surface area contributed by atoms with Gasteiger partial charge < -0.3 is 14.4 Å². The highest BCUT2D eigenvalue weighted by Crippen LogP contribution is 2.27. The Labute approximate surface area is 204 Å². The first-order valence-electron chi connectivity index (χ1n) is 12.4. The van der Waals surface area contributed by atoms with Crippen LogP contribution in [0.4, 0.5) is 4.79 Å². The van der Waals surface area contributed by atoms with Crippen molar-refractivity contribution in [3.05, 3.63) is 59.9 Å². The molecular formula is C26H30N6O3. The smallest absolute Gasteiger partial charge is 0.410 e. The van der Waals surface area contributed by atoms with E-state index < -0.39 is 0 Å². The van der Waals surface area contributed by atoms with Gasteiger partial charge >= 0.3 is 6.09 Å². The maximum absolute atomic E-state index is 11.8. The van der Waals surface area contributed by atoms with Gasteiger partial charge in [0.1, 0.15) is 12.4 Å². The summed E-state index contributed by atoms with van der Waals surface area (Å²) in [5, 5.41) is 1.09. The molecule has 1 unspecified atom stereocenters. The van der Waals surface area contributed by atoms with Gasteiger partial charge in [-0.1, -0.05) is 6.07 Å². The number of amides is 1. The highest BCUT2D eigenvalue weighted by molar-refractivity contribution is 5.80. The first-order valence-corrected chi connectivity index (χ1v) is 12.4. The van der Waals surface area contributed by atoms with Crippen molar-refractivity contribution in [1.29, 1.82) is 0 Å². The Morgan fingerprint density at radius 2 is 1.94 bits per heavy atom. The number of hydrazine groups is 1. The molecule has 6 rings (SSSR count). The van der Waals surface area contributed by atoms with Crippen molar-refractivity contribution < 1.29 is 14.3 Å². The lowest BCUT2D eigenvalue weighted by molar-refractivity contribution is 0.115. The molecule has 182 valence electrons. The summed E-state index contributed by atoms with van der Waals surface area (Å²) in [6, 6.07) is 12.7. The third kappa shape index (κ3) is 4.93. The first-order chi connectivity index (χ1) is 17.2. The normalized spacial score (nSPS) is 21.5. The molecule has 0 bridgehead atoms. The molecule has 0 aliphatic carbocycles. The third-order valence-electron chi connectivity index (χ3n) is 7.13. The number of likely N-dealkylation sites (tertiary alicyclic amines) is 1. The average Bonchev–Trinajstić information content (AvgIpc) is 3.57. The van der Waals surface area contributed by atoms with Crippen molar-refractivity contribution in [3.63, 3.8) is 0 Å². The number of piperidine rings is 1. The quantitative estimate of drug-likeness (QED) is 0.562. The maximum atomic E-state index is 11.8. The van der Waals surface area contributed by atoms with Crippen LogP contribution in [0, 0.1) is 0 Å². The number of ether oxygens (including phenoxy) is 2. The average molecular weight is 475 g/mol. The summed E-state index contributed by atoms with van der Waals surface area (Å²) >= 11 is 0. The number of nitrogens with one attached hydrogen (secondary N) is 2. The van der Waals surface area contributed by atoms with Crippen LogP contribution in [0.3, 0.4) is 0 Å².